The molecule has 0 bridgehead atoms. The first-order valence-corrected chi connectivity index (χ1v) is 10.7. The van der Waals surface area contributed by atoms with E-state index in [-0.39, 0.29) is 11.9 Å². The van der Waals surface area contributed by atoms with E-state index >= 15 is 0 Å². The maximum atomic E-state index is 12.7. The number of benzene rings is 2. The van der Waals surface area contributed by atoms with Crippen molar-refractivity contribution in [1.82, 2.24) is 20.0 Å². The van der Waals surface area contributed by atoms with Crippen LogP contribution in [0, 0.1) is 0 Å². The summed E-state index contributed by atoms with van der Waals surface area (Å²) in [5.74, 6) is 0.0244. The van der Waals surface area contributed by atoms with E-state index in [1.807, 2.05) is 46.1 Å². The molecule has 160 valence electrons. The first-order chi connectivity index (χ1) is 15.2. The summed E-state index contributed by atoms with van der Waals surface area (Å²) >= 11 is 0. The second-order valence-electron chi connectivity index (χ2n) is 7.71. The van der Waals surface area contributed by atoms with Crippen LogP contribution >= 0.6 is 0 Å². The van der Waals surface area contributed by atoms with E-state index in [1.54, 1.807) is 30.5 Å². The third-order valence-electron chi connectivity index (χ3n) is 5.46. The van der Waals surface area contributed by atoms with Crippen molar-refractivity contribution in [3.8, 4) is 0 Å². The Labute approximate surface area is 182 Å². The number of rotatable bonds is 6. The highest BCUT2D eigenvalue weighted by atomic mass is 16.2. The lowest BCUT2D eigenvalue weighted by Crippen LogP contribution is -2.35. The van der Waals surface area contributed by atoms with Crippen LogP contribution in [-0.4, -0.2) is 39.7 Å². The molecule has 4 rings (SSSR count). The van der Waals surface area contributed by atoms with Gasteiger partial charge in [-0.3, -0.25) is 9.48 Å². The number of carbonyl (C=O) groups is 2. The van der Waals surface area contributed by atoms with Crippen LogP contribution in [0.5, 0.6) is 0 Å². The van der Waals surface area contributed by atoms with E-state index in [9.17, 15) is 9.59 Å². The molecule has 31 heavy (non-hydrogen) atoms. The fraction of sp³-hybridized carbons (Fsp3) is 0.292. The van der Waals surface area contributed by atoms with E-state index in [0.29, 0.717) is 24.3 Å². The molecule has 0 atom stereocenters. The monoisotopic (exact) mass is 417 g/mol. The van der Waals surface area contributed by atoms with E-state index in [1.165, 1.54) is 6.42 Å². The van der Waals surface area contributed by atoms with Crippen molar-refractivity contribution < 1.29 is 9.59 Å². The first kappa shape index (κ1) is 20.7. The number of hydrogen-bond donors (Lipinski definition) is 2. The van der Waals surface area contributed by atoms with Crippen LogP contribution in [0.1, 0.15) is 40.7 Å². The number of nitrogens with one attached hydrogen (secondary N) is 2. The number of likely N-dealkylation sites (tertiary alicyclic amines) is 1. The average molecular weight is 418 g/mol. The number of nitrogens with zero attached hydrogens (tertiary/aromatic N) is 3. The first-order valence-electron chi connectivity index (χ1n) is 10.7. The van der Waals surface area contributed by atoms with Gasteiger partial charge in [-0.1, -0.05) is 30.3 Å². The van der Waals surface area contributed by atoms with Gasteiger partial charge in [-0.15, -0.1) is 0 Å². The van der Waals surface area contributed by atoms with E-state index in [0.717, 1.165) is 37.1 Å². The number of piperidine rings is 1. The highest BCUT2D eigenvalue weighted by molar-refractivity contribution is 5.97. The molecular formula is C24H27N5O2. The summed E-state index contributed by atoms with van der Waals surface area (Å²) in [6.07, 6.45) is 6.94. The standard InChI is InChI=1S/C24H27N5O2/c30-23(28-13-4-1-5-14-28)19-10-6-11-22(16-19)27-24(31)25-17-20-8-2-3-9-21(20)18-29-15-7-12-26-29/h2-3,6-12,15-16H,1,4-5,13-14,17-18H2,(H2,25,27,31). The number of carbonyl (C=O) groups excluding carboxylic acids is 2. The van der Waals surface area contributed by atoms with Gasteiger partial charge in [0.1, 0.15) is 0 Å². The van der Waals surface area contributed by atoms with Crippen LogP contribution in [0.4, 0.5) is 10.5 Å². The summed E-state index contributed by atoms with van der Waals surface area (Å²) in [7, 11) is 0. The summed E-state index contributed by atoms with van der Waals surface area (Å²) in [6, 6.07) is 16.7. The zero-order chi connectivity index (χ0) is 21.5. The molecule has 3 aromatic rings. The zero-order valence-electron chi connectivity index (χ0n) is 17.5. The Balaban J connectivity index is 1.35. The number of anilines is 1. The van der Waals surface area contributed by atoms with Gasteiger partial charge in [0.2, 0.25) is 0 Å². The van der Waals surface area contributed by atoms with Crippen molar-refractivity contribution in [2.75, 3.05) is 18.4 Å². The van der Waals surface area contributed by atoms with E-state index in [2.05, 4.69) is 15.7 Å². The predicted octanol–water partition coefficient (Wildman–Crippen LogP) is 3.88. The number of amides is 3. The second kappa shape index (κ2) is 9.93. The lowest BCUT2D eigenvalue weighted by atomic mass is 10.1. The summed E-state index contributed by atoms with van der Waals surface area (Å²) in [6.45, 7) is 2.65. The molecule has 1 aliphatic heterocycles. The lowest BCUT2D eigenvalue weighted by molar-refractivity contribution is 0.0724. The van der Waals surface area contributed by atoms with Gasteiger partial charge in [0.05, 0.1) is 6.54 Å². The van der Waals surface area contributed by atoms with E-state index in [4.69, 9.17) is 0 Å². The van der Waals surface area contributed by atoms with Gasteiger partial charge < -0.3 is 15.5 Å². The van der Waals surface area contributed by atoms with Crippen LogP contribution in [0.25, 0.3) is 0 Å². The summed E-state index contributed by atoms with van der Waals surface area (Å²) in [4.78, 5) is 27.1. The third kappa shape index (κ3) is 5.51. The summed E-state index contributed by atoms with van der Waals surface area (Å²) in [5, 5.41) is 9.99. The largest absolute Gasteiger partial charge is 0.339 e. The average Bonchev–Trinajstić information content (AvgIpc) is 3.32. The van der Waals surface area contributed by atoms with Gasteiger partial charge in [-0.05, 0) is 54.7 Å². The molecule has 1 aliphatic rings. The maximum Gasteiger partial charge on any atom is 0.319 e. The lowest BCUT2D eigenvalue weighted by Gasteiger charge is -2.26. The molecule has 3 amide bonds. The smallest absolute Gasteiger partial charge is 0.319 e. The van der Waals surface area contributed by atoms with Crippen molar-refractivity contribution in [3.05, 3.63) is 83.7 Å². The van der Waals surface area contributed by atoms with Gasteiger partial charge in [-0.2, -0.15) is 5.10 Å². The Hall–Kier alpha value is -3.61. The highest BCUT2D eigenvalue weighted by Crippen LogP contribution is 2.17. The fourth-order valence-corrected chi connectivity index (χ4v) is 3.81. The molecule has 1 aromatic heterocycles. The Bertz CT molecular complexity index is 1030. The Morgan fingerprint density at radius 1 is 0.935 bits per heavy atom. The highest BCUT2D eigenvalue weighted by Gasteiger charge is 2.18. The van der Waals surface area contributed by atoms with Gasteiger partial charge >= 0.3 is 6.03 Å². The van der Waals surface area contributed by atoms with Crippen LogP contribution < -0.4 is 10.6 Å². The molecule has 0 aliphatic carbocycles. The van der Waals surface area contributed by atoms with Crippen LogP contribution in [0.15, 0.2) is 67.0 Å². The SMILES string of the molecule is O=C(NCc1ccccc1Cn1cccn1)Nc1cccc(C(=O)N2CCCCC2)c1. The van der Waals surface area contributed by atoms with Crippen LogP contribution in [-0.2, 0) is 13.1 Å². The molecule has 0 unspecified atom stereocenters. The van der Waals surface area contributed by atoms with Crippen molar-refractivity contribution in [1.29, 1.82) is 0 Å². The van der Waals surface area contributed by atoms with Gasteiger partial charge in [-0.25, -0.2) is 4.79 Å². The Kier molecular flexibility index (Phi) is 6.62. The molecular weight excluding hydrogens is 390 g/mol. The molecule has 7 heteroatoms. The molecule has 0 spiro atoms. The Morgan fingerprint density at radius 2 is 1.74 bits per heavy atom. The van der Waals surface area contributed by atoms with Gasteiger partial charge in [0.25, 0.3) is 5.91 Å². The molecule has 1 saturated heterocycles. The molecule has 2 aromatic carbocycles. The number of hydrogen-bond acceptors (Lipinski definition) is 3. The van der Waals surface area contributed by atoms with Gasteiger partial charge in [0, 0.05) is 43.3 Å². The van der Waals surface area contributed by atoms with Crippen LogP contribution in [0.2, 0.25) is 0 Å². The Morgan fingerprint density at radius 3 is 2.52 bits per heavy atom. The second-order valence-corrected chi connectivity index (χ2v) is 7.71. The maximum absolute atomic E-state index is 12.7. The minimum Gasteiger partial charge on any atom is -0.339 e. The fourth-order valence-electron chi connectivity index (χ4n) is 3.81. The minimum atomic E-state index is -0.309. The molecule has 2 N–H and O–H groups in total. The quantitative estimate of drug-likeness (QED) is 0.639. The summed E-state index contributed by atoms with van der Waals surface area (Å²) in [5.41, 5.74) is 3.33. The minimum absolute atomic E-state index is 0.0244. The normalized spacial score (nSPS) is 13.6. The van der Waals surface area contributed by atoms with Gasteiger partial charge in [0.15, 0.2) is 0 Å². The van der Waals surface area contributed by atoms with Crippen molar-refractivity contribution in [2.24, 2.45) is 0 Å². The van der Waals surface area contributed by atoms with Crippen molar-refractivity contribution in [2.45, 2.75) is 32.4 Å². The molecule has 0 radical (unpaired) electrons. The molecule has 0 saturated carbocycles. The molecule has 2 heterocycles. The van der Waals surface area contributed by atoms with Crippen molar-refractivity contribution >= 4 is 17.6 Å². The third-order valence-corrected chi connectivity index (χ3v) is 5.46. The zero-order valence-corrected chi connectivity index (χ0v) is 17.5. The van der Waals surface area contributed by atoms with E-state index < -0.39 is 0 Å². The molecule has 7 nitrogen and oxygen atoms in total. The predicted molar refractivity (Wildman–Crippen MR) is 120 cm³/mol. The molecule has 1 fully saturated rings. The summed E-state index contributed by atoms with van der Waals surface area (Å²) < 4.78 is 1.85. The topological polar surface area (TPSA) is 79.3 Å². The van der Waals surface area contributed by atoms with Crippen molar-refractivity contribution in [3.63, 3.8) is 0 Å². The van der Waals surface area contributed by atoms with Crippen LogP contribution in [0.3, 0.4) is 0 Å². The number of urea groups is 1. The number of aromatic nitrogens is 2.